The molecule has 0 aliphatic carbocycles. The van der Waals surface area contributed by atoms with Crippen molar-refractivity contribution >= 4 is 39.7 Å². The number of unbranched alkanes of at least 4 members (excludes halogenated alkanes) is 2. The van der Waals surface area contributed by atoms with Gasteiger partial charge in [-0.05, 0) is 6.42 Å². The first kappa shape index (κ1) is 16.3. The topological polar surface area (TPSA) is 74.6 Å². The molecule has 1 atom stereocenters. The molecular formula is C7H17NaO4S. The van der Waals surface area contributed by atoms with Crippen LogP contribution in [0.25, 0.3) is 0 Å². The number of aliphatic hydroxyl groups excluding tert-OH is 1. The molecule has 0 aliphatic rings. The molecule has 0 amide bonds. The van der Waals surface area contributed by atoms with E-state index < -0.39 is 22.0 Å². The Morgan fingerprint density at radius 3 is 2.23 bits per heavy atom. The maximum absolute atomic E-state index is 10.3. The first-order valence-corrected chi connectivity index (χ1v) is 5.70. The standard InChI is InChI=1S/C7H16O4S.Na.H/c1-2-3-4-5-7(8)6-12(9,10)11;;/h7-8H,2-6H2,1H3,(H,9,10,11);;. The summed E-state index contributed by atoms with van der Waals surface area (Å²) in [6.07, 6.45) is 2.31. The van der Waals surface area contributed by atoms with Crippen molar-refractivity contribution in [3.05, 3.63) is 0 Å². The predicted octanol–water partition coefficient (Wildman–Crippen LogP) is 0.167. The molecule has 4 nitrogen and oxygen atoms in total. The second kappa shape index (κ2) is 8.20. The van der Waals surface area contributed by atoms with Crippen molar-refractivity contribution in [1.29, 1.82) is 0 Å². The van der Waals surface area contributed by atoms with Gasteiger partial charge in [0.15, 0.2) is 0 Å². The van der Waals surface area contributed by atoms with Crippen molar-refractivity contribution < 1.29 is 18.1 Å². The van der Waals surface area contributed by atoms with E-state index in [-0.39, 0.29) is 29.6 Å². The third-order valence-corrected chi connectivity index (χ3v) is 2.35. The van der Waals surface area contributed by atoms with Crippen LogP contribution in [-0.2, 0) is 10.1 Å². The van der Waals surface area contributed by atoms with Crippen LogP contribution >= 0.6 is 0 Å². The van der Waals surface area contributed by atoms with E-state index in [1.165, 1.54) is 0 Å². The van der Waals surface area contributed by atoms with E-state index in [9.17, 15) is 8.42 Å². The molecule has 0 heterocycles. The van der Waals surface area contributed by atoms with Gasteiger partial charge in [0.05, 0.1) is 6.10 Å². The summed E-state index contributed by atoms with van der Waals surface area (Å²) in [4.78, 5) is 0. The third-order valence-electron chi connectivity index (χ3n) is 1.54. The summed E-state index contributed by atoms with van der Waals surface area (Å²) in [6, 6.07) is 0. The molecule has 0 bridgehead atoms. The average Bonchev–Trinajstić information content (AvgIpc) is 1.84. The van der Waals surface area contributed by atoms with Crippen LogP contribution in [0.1, 0.15) is 32.6 Å². The van der Waals surface area contributed by atoms with E-state index in [1.807, 2.05) is 6.92 Å². The van der Waals surface area contributed by atoms with Crippen LogP contribution in [0.2, 0.25) is 0 Å². The van der Waals surface area contributed by atoms with Crippen LogP contribution in [0.15, 0.2) is 0 Å². The van der Waals surface area contributed by atoms with E-state index in [0.717, 1.165) is 19.3 Å². The Kier molecular flexibility index (Phi) is 10.3. The second-order valence-electron chi connectivity index (χ2n) is 2.90. The van der Waals surface area contributed by atoms with Crippen LogP contribution < -0.4 is 0 Å². The van der Waals surface area contributed by atoms with Crippen LogP contribution in [-0.4, -0.2) is 59.5 Å². The predicted molar refractivity (Wildman–Crippen MR) is 53.7 cm³/mol. The van der Waals surface area contributed by atoms with Gasteiger partial charge in [0, 0.05) is 0 Å². The first-order valence-electron chi connectivity index (χ1n) is 4.09. The van der Waals surface area contributed by atoms with E-state index in [4.69, 9.17) is 9.66 Å². The van der Waals surface area contributed by atoms with Crippen molar-refractivity contribution in [2.75, 3.05) is 5.75 Å². The molecule has 0 spiro atoms. The van der Waals surface area contributed by atoms with Gasteiger partial charge in [-0.3, -0.25) is 4.55 Å². The van der Waals surface area contributed by atoms with Crippen LogP contribution in [0.4, 0.5) is 0 Å². The Bertz CT molecular complexity index is 203. The molecule has 0 fully saturated rings. The van der Waals surface area contributed by atoms with Gasteiger partial charge in [0.2, 0.25) is 0 Å². The zero-order valence-corrected chi connectivity index (χ0v) is 8.05. The molecule has 6 heteroatoms. The van der Waals surface area contributed by atoms with Crippen molar-refractivity contribution in [1.82, 2.24) is 0 Å². The van der Waals surface area contributed by atoms with Crippen molar-refractivity contribution in [2.24, 2.45) is 0 Å². The summed E-state index contributed by atoms with van der Waals surface area (Å²) in [6.45, 7) is 2.02. The zero-order valence-electron chi connectivity index (χ0n) is 7.23. The Morgan fingerprint density at radius 1 is 1.31 bits per heavy atom. The van der Waals surface area contributed by atoms with Crippen molar-refractivity contribution in [3.63, 3.8) is 0 Å². The summed E-state index contributed by atoms with van der Waals surface area (Å²) in [5.74, 6) is -0.545. The molecule has 1 unspecified atom stereocenters. The molecular weight excluding hydrogens is 203 g/mol. The van der Waals surface area contributed by atoms with Gasteiger partial charge >= 0.3 is 29.6 Å². The number of hydrogen-bond donors (Lipinski definition) is 2. The molecule has 0 aromatic heterocycles. The summed E-state index contributed by atoms with van der Waals surface area (Å²) < 4.78 is 28.9. The molecule has 2 N–H and O–H groups in total. The summed E-state index contributed by atoms with van der Waals surface area (Å²) >= 11 is 0. The van der Waals surface area contributed by atoms with Gasteiger partial charge < -0.3 is 5.11 Å². The zero-order chi connectivity index (χ0) is 9.61. The summed E-state index contributed by atoms with van der Waals surface area (Å²) in [5, 5.41) is 9.07. The second-order valence-corrected chi connectivity index (χ2v) is 4.40. The Labute approximate surface area is 102 Å². The molecule has 13 heavy (non-hydrogen) atoms. The number of aliphatic hydroxyl groups is 1. The van der Waals surface area contributed by atoms with Gasteiger partial charge in [-0.2, -0.15) is 8.42 Å². The van der Waals surface area contributed by atoms with E-state index in [0.29, 0.717) is 6.42 Å². The molecule has 0 aromatic carbocycles. The van der Waals surface area contributed by atoms with Crippen LogP contribution in [0.3, 0.4) is 0 Å². The molecule has 0 saturated heterocycles. The molecule has 0 radical (unpaired) electrons. The van der Waals surface area contributed by atoms with Gasteiger partial charge in [-0.25, -0.2) is 0 Å². The third kappa shape index (κ3) is 12.9. The monoisotopic (exact) mass is 220 g/mol. The normalized spacial score (nSPS) is 13.5. The van der Waals surface area contributed by atoms with Crippen molar-refractivity contribution in [3.8, 4) is 0 Å². The number of rotatable bonds is 6. The van der Waals surface area contributed by atoms with Crippen LogP contribution in [0, 0.1) is 0 Å². The van der Waals surface area contributed by atoms with Gasteiger partial charge in [-0.1, -0.05) is 26.2 Å². The van der Waals surface area contributed by atoms with Gasteiger partial charge in [0.1, 0.15) is 5.75 Å². The molecule has 0 aromatic rings. The quantitative estimate of drug-likeness (QED) is 0.380. The Morgan fingerprint density at radius 2 is 1.85 bits per heavy atom. The molecule has 76 valence electrons. The molecule has 0 rings (SSSR count). The van der Waals surface area contributed by atoms with Crippen LogP contribution in [0.5, 0.6) is 0 Å². The summed E-state index contributed by atoms with van der Waals surface area (Å²) in [5.41, 5.74) is 0. The van der Waals surface area contributed by atoms with Gasteiger partial charge in [-0.15, -0.1) is 0 Å². The van der Waals surface area contributed by atoms with E-state index in [2.05, 4.69) is 0 Å². The number of hydrogen-bond acceptors (Lipinski definition) is 3. The minimum atomic E-state index is -4.01. The van der Waals surface area contributed by atoms with E-state index in [1.54, 1.807) is 0 Å². The first-order chi connectivity index (χ1) is 5.45. The summed E-state index contributed by atoms with van der Waals surface area (Å²) in [7, 11) is -4.01. The molecule has 0 saturated carbocycles. The average molecular weight is 220 g/mol. The maximum atomic E-state index is 10.3. The van der Waals surface area contributed by atoms with Gasteiger partial charge in [0.25, 0.3) is 10.1 Å². The fourth-order valence-electron chi connectivity index (χ4n) is 0.956. The molecule has 0 aliphatic heterocycles. The fraction of sp³-hybridized carbons (Fsp3) is 1.00. The Balaban J connectivity index is 0. The Hall–Kier alpha value is 0.870. The fourth-order valence-corrected chi connectivity index (χ4v) is 1.61. The van der Waals surface area contributed by atoms with E-state index >= 15 is 0 Å². The SMILES string of the molecule is CCCCCC(O)CS(=O)(=O)O.[NaH]. The minimum absolute atomic E-state index is 0. The van der Waals surface area contributed by atoms with Crippen molar-refractivity contribution in [2.45, 2.75) is 38.7 Å².